The van der Waals surface area contributed by atoms with E-state index in [1.165, 1.54) is 17.5 Å². The fraction of sp³-hybridized carbons (Fsp3) is 0.389. The molecule has 2 heterocycles. The van der Waals surface area contributed by atoms with Gasteiger partial charge in [-0.15, -0.1) is 0 Å². The van der Waals surface area contributed by atoms with Crippen molar-refractivity contribution in [1.29, 1.82) is 0 Å². The number of amides is 1. The van der Waals surface area contributed by atoms with Crippen LogP contribution in [-0.2, 0) is 29.2 Å². The smallest absolute Gasteiger partial charge is 0.222 e. The monoisotopic (exact) mass is 326 g/mol. The zero-order chi connectivity index (χ0) is 16.8. The maximum Gasteiger partial charge on any atom is 0.222 e. The lowest BCUT2D eigenvalue weighted by atomic mass is 10.1. The maximum atomic E-state index is 11.8. The van der Waals surface area contributed by atoms with E-state index in [1.54, 1.807) is 7.11 Å². The highest BCUT2D eigenvalue weighted by Gasteiger charge is 2.20. The first-order valence-corrected chi connectivity index (χ1v) is 8.14. The van der Waals surface area contributed by atoms with Crippen molar-refractivity contribution < 1.29 is 9.53 Å². The van der Waals surface area contributed by atoms with Crippen LogP contribution in [0.2, 0.25) is 0 Å². The van der Waals surface area contributed by atoms with E-state index in [-0.39, 0.29) is 5.91 Å². The fourth-order valence-electron chi connectivity index (χ4n) is 2.87. The van der Waals surface area contributed by atoms with Crippen molar-refractivity contribution in [1.82, 2.24) is 14.9 Å². The number of rotatable bonds is 7. The first-order chi connectivity index (χ1) is 11.8. The molecular weight excluding hydrogens is 304 g/mol. The number of benzene rings is 1. The number of aromatic nitrogens is 2. The summed E-state index contributed by atoms with van der Waals surface area (Å²) >= 11 is 0. The minimum Gasteiger partial charge on any atom is -0.378 e. The van der Waals surface area contributed by atoms with Gasteiger partial charge in [-0.1, -0.05) is 24.3 Å². The first kappa shape index (κ1) is 16.4. The Hall–Kier alpha value is -2.47. The molecule has 1 amide bonds. The summed E-state index contributed by atoms with van der Waals surface area (Å²) in [5.41, 5.74) is 3.18. The highest BCUT2D eigenvalue weighted by Crippen LogP contribution is 2.18. The number of nitrogens with one attached hydrogen (secondary N) is 1. The first-order valence-electron chi connectivity index (χ1n) is 8.14. The second-order valence-electron chi connectivity index (χ2n) is 5.87. The van der Waals surface area contributed by atoms with E-state index in [1.807, 2.05) is 23.1 Å². The molecule has 0 unspecified atom stereocenters. The van der Waals surface area contributed by atoms with E-state index in [0.717, 1.165) is 24.5 Å². The second-order valence-corrected chi connectivity index (χ2v) is 5.87. The van der Waals surface area contributed by atoms with Gasteiger partial charge in [-0.25, -0.2) is 9.97 Å². The van der Waals surface area contributed by atoms with Crippen LogP contribution in [0.25, 0.3) is 0 Å². The minimum absolute atomic E-state index is 0.248. The number of likely N-dealkylation sites (tertiary alicyclic amines) is 1. The molecular formula is C18H22N4O2. The van der Waals surface area contributed by atoms with Gasteiger partial charge in [0.1, 0.15) is 12.1 Å². The molecule has 0 spiro atoms. The molecule has 126 valence electrons. The number of ether oxygens (including phenoxy) is 1. The Morgan fingerprint density at radius 2 is 2.08 bits per heavy atom. The molecule has 1 aliphatic heterocycles. The van der Waals surface area contributed by atoms with Crippen molar-refractivity contribution in [3.8, 4) is 0 Å². The van der Waals surface area contributed by atoms with Crippen LogP contribution in [0.3, 0.4) is 0 Å². The Labute approximate surface area is 141 Å². The summed E-state index contributed by atoms with van der Waals surface area (Å²) in [6.45, 7) is 2.65. The standard InChI is InChI=1S/C18H22N4O2/c1-24-12-16-9-17(21-13-20-16)19-10-14-5-2-3-6-15(14)11-22-8-4-7-18(22)23/h2-3,5-6,9,13H,4,7-8,10-12H2,1H3,(H,19,20,21). The predicted octanol–water partition coefficient (Wildman–Crippen LogP) is 2.36. The van der Waals surface area contributed by atoms with Crippen molar-refractivity contribution in [3.63, 3.8) is 0 Å². The predicted molar refractivity (Wildman–Crippen MR) is 91.2 cm³/mol. The number of methoxy groups -OCH3 is 1. The molecule has 24 heavy (non-hydrogen) atoms. The van der Waals surface area contributed by atoms with Gasteiger partial charge in [0.25, 0.3) is 0 Å². The average Bonchev–Trinajstić information content (AvgIpc) is 3.00. The molecule has 0 radical (unpaired) electrons. The summed E-state index contributed by atoms with van der Waals surface area (Å²) in [6.07, 6.45) is 3.16. The van der Waals surface area contributed by atoms with Crippen LogP contribution in [-0.4, -0.2) is 34.4 Å². The van der Waals surface area contributed by atoms with Crippen molar-refractivity contribution in [2.24, 2.45) is 0 Å². The van der Waals surface area contributed by atoms with Gasteiger partial charge in [0.15, 0.2) is 0 Å². The van der Waals surface area contributed by atoms with Gasteiger partial charge in [0, 0.05) is 39.2 Å². The van der Waals surface area contributed by atoms with Crippen molar-refractivity contribution in [2.75, 3.05) is 19.0 Å². The number of hydrogen-bond donors (Lipinski definition) is 1. The Morgan fingerprint density at radius 1 is 1.25 bits per heavy atom. The second kappa shape index (κ2) is 7.88. The lowest BCUT2D eigenvalue weighted by molar-refractivity contribution is -0.128. The van der Waals surface area contributed by atoms with Crippen LogP contribution in [0, 0.1) is 0 Å². The van der Waals surface area contributed by atoms with Gasteiger partial charge in [-0.2, -0.15) is 0 Å². The SMILES string of the molecule is COCc1cc(NCc2ccccc2CN2CCCC2=O)ncn1. The van der Waals surface area contributed by atoms with E-state index >= 15 is 0 Å². The van der Waals surface area contributed by atoms with Crippen LogP contribution < -0.4 is 5.32 Å². The van der Waals surface area contributed by atoms with Crippen LogP contribution in [0.1, 0.15) is 29.7 Å². The fourth-order valence-corrected chi connectivity index (χ4v) is 2.87. The van der Waals surface area contributed by atoms with E-state index in [4.69, 9.17) is 4.74 Å². The van der Waals surface area contributed by atoms with E-state index in [0.29, 0.717) is 26.1 Å². The Bertz CT molecular complexity index is 705. The van der Waals surface area contributed by atoms with Crippen LogP contribution in [0.4, 0.5) is 5.82 Å². The number of carbonyl (C=O) groups is 1. The van der Waals surface area contributed by atoms with Crippen LogP contribution in [0.15, 0.2) is 36.7 Å². The van der Waals surface area contributed by atoms with Gasteiger partial charge >= 0.3 is 0 Å². The van der Waals surface area contributed by atoms with Crippen molar-refractivity contribution in [3.05, 3.63) is 53.5 Å². The quantitative estimate of drug-likeness (QED) is 0.846. The van der Waals surface area contributed by atoms with Gasteiger partial charge in [-0.3, -0.25) is 4.79 Å². The molecule has 1 fully saturated rings. The summed E-state index contributed by atoms with van der Waals surface area (Å²) in [5, 5.41) is 3.33. The maximum absolute atomic E-state index is 11.8. The lowest BCUT2D eigenvalue weighted by Crippen LogP contribution is -2.24. The van der Waals surface area contributed by atoms with Crippen molar-refractivity contribution in [2.45, 2.75) is 32.5 Å². The third-order valence-corrected chi connectivity index (χ3v) is 4.13. The summed E-state index contributed by atoms with van der Waals surface area (Å²) in [5.74, 6) is 1.02. The minimum atomic E-state index is 0.248. The van der Waals surface area contributed by atoms with Gasteiger partial charge in [-0.05, 0) is 17.5 Å². The number of hydrogen-bond acceptors (Lipinski definition) is 5. The van der Waals surface area contributed by atoms with E-state index < -0.39 is 0 Å². The molecule has 0 aliphatic carbocycles. The molecule has 0 bridgehead atoms. The van der Waals surface area contributed by atoms with E-state index in [9.17, 15) is 4.79 Å². The van der Waals surface area contributed by atoms with Gasteiger partial charge < -0.3 is 15.0 Å². The molecule has 1 aliphatic rings. The third-order valence-electron chi connectivity index (χ3n) is 4.13. The molecule has 1 aromatic heterocycles. The molecule has 1 N–H and O–H groups in total. The van der Waals surface area contributed by atoms with Crippen LogP contribution in [0.5, 0.6) is 0 Å². The molecule has 0 atom stereocenters. The number of anilines is 1. The highest BCUT2D eigenvalue weighted by molar-refractivity contribution is 5.78. The zero-order valence-electron chi connectivity index (χ0n) is 13.9. The molecule has 6 nitrogen and oxygen atoms in total. The third kappa shape index (κ3) is 4.08. The number of carbonyl (C=O) groups excluding carboxylic acids is 1. The Kier molecular flexibility index (Phi) is 5.38. The molecule has 3 rings (SSSR count). The molecule has 1 aromatic carbocycles. The zero-order valence-corrected chi connectivity index (χ0v) is 13.9. The molecule has 1 saturated heterocycles. The summed E-state index contributed by atoms with van der Waals surface area (Å²) in [6, 6.07) is 10.1. The largest absolute Gasteiger partial charge is 0.378 e. The van der Waals surface area contributed by atoms with Gasteiger partial charge in [0.05, 0.1) is 12.3 Å². The summed E-state index contributed by atoms with van der Waals surface area (Å²) < 4.78 is 5.09. The average molecular weight is 326 g/mol. The summed E-state index contributed by atoms with van der Waals surface area (Å²) in [7, 11) is 1.64. The molecule has 2 aromatic rings. The van der Waals surface area contributed by atoms with Crippen LogP contribution >= 0.6 is 0 Å². The topological polar surface area (TPSA) is 67.3 Å². The summed E-state index contributed by atoms with van der Waals surface area (Å²) in [4.78, 5) is 22.2. The van der Waals surface area contributed by atoms with Gasteiger partial charge in [0.2, 0.25) is 5.91 Å². The Balaban J connectivity index is 1.67. The molecule has 6 heteroatoms. The number of nitrogens with zero attached hydrogens (tertiary/aromatic N) is 3. The van der Waals surface area contributed by atoms with Crippen molar-refractivity contribution >= 4 is 11.7 Å². The molecule has 0 saturated carbocycles. The highest BCUT2D eigenvalue weighted by atomic mass is 16.5. The van der Waals surface area contributed by atoms with E-state index in [2.05, 4.69) is 27.4 Å². The normalized spacial score (nSPS) is 14.2. The Morgan fingerprint density at radius 3 is 2.83 bits per heavy atom. The lowest BCUT2D eigenvalue weighted by Gasteiger charge is -2.18.